The highest BCUT2D eigenvalue weighted by atomic mass is 32.2. The summed E-state index contributed by atoms with van der Waals surface area (Å²) in [6.07, 6.45) is 1.82. The van der Waals surface area contributed by atoms with Crippen molar-refractivity contribution in [2.45, 2.75) is 12.8 Å². The molecule has 0 spiro atoms. The van der Waals surface area contributed by atoms with Crippen LogP contribution in [0.1, 0.15) is 18.4 Å². The average molecular weight is 254 g/mol. The number of anilines is 1. The zero-order valence-corrected chi connectivity index (χ0v) is 9.80. The molecule has 0 unspecified atom stereocenters. The number of sulfonamides is 1. The van der Waals surface area contributed by atoms with Gasteiger partial charge in [-0.05, 0) is 30.9 Å². The molecule has 0 heterocycles. The Morgan fingerprint density at radius 1 is 1.47 bits per heavy atom. The Labute approximate surface area is 99.1 Å². The highest BCUT2D eigenvalue weighted by molar-refractivity contribution is 7.92. The van der Waals surface area contributed by atoms with Gasteiger partial charge in [0.2, 0.25) is 10.0 Å². The molecule has 1 aliphatic carbocycles. The molecule has 1 aromatic carbocycles. The molecule has 1 aliphatic rings. The molecule has 0 amide bonds. The minimum atomic E-state index is -3.49. The Bertz CT molecular complexity index is 574. The Balaban J connectivity index is 2.23. The summed E-state index contributed by atoms with van der Waals surface area (Å²) in [4.78, 5) is 0. The van der Waals surface area contributed by atoms with E-state index in [4.69, 9.17) is 5.26 Å². The summed E-state index contributed by atoms with van der Waals surface area (Å²) in [5.74, 6) is -0.486. The molecular weight excluding hydrogens is 243 g/mol. The molecule has 1 saturated carbocycles. The van der Waals surface area contributed by atoms with Crippen molar-refractivity contribution in [2.75, 3.05) is 10.5 Å². The standard InChI is InChI=1S/C11H11FN2O2S/c12-10-2-1-3-11(9(10)6-13)14-17(15,16)7-8-4-5-8/h1-3,8,14H,4-5,7H2. The van der Waals surface area contributed by atoms with Crippen molar-refractivity contribution in [1.29, 1.82) is 5.26 Å². The normalized spacial score (nSPS) is 15.3. The first-order valence-electron chi connectivity index (χ1n) is 5.21. The highest BCUT2D eigenvalue weighted by Gasteiger charge is 2.28. The number of rotatable bonds is 4. The highest BCUT2D eigenvalue weighted by Crippen LogP contribution is 2.31. The van der Waals surface area contributed by atoms with Gasteiger partial charge in [0.1, 0.15) is 17.4 Å². The Morgan fingerprint density at radius 2 is 2.18 bits per heavy atom. The number of nitrogens with one attached hydrogen (secondary N) is 1. The van der Waals surface area contributed by atoms with E-state index in [1.165, 1.54) is 12.1 Å². The lowest BCUT2D eigenvalue weighted by Gasteiger charge is -2.09. The maximum absolute atomic E-state index is 13.2. The van der Waals surface area contributed by atoms with Crippen molar-refractivity contribution in [3.05, 3.63) is 29.6 Å². The Morgan fingerprint density at radius 3 is 2.76 bits per heavy atom. The van der Waals surface area contributed by atoms with E-state index in [0.29, 0.717) is 0 Å². The second-order valence-electron chi connectivity index (χ2n) is 4.10. The third kappa shape index (κ3) is 2.94. The van der Waals surface area contributed by atoms with Crippen LogP contribution in [0.4, 0.5) is 10.1 Å². The first kappa shape index (κ1) is 11.9. The van der Waals surface area contributed by atoms with Crippen molar-refractivity contribution in [3.8, 4) is 6.07 Å². The molecule has 4 nitrogen and oxygen atoms in total. The van der Waals surface area contributed by atoms with Gasteiger partial charge >= 0.3 is 0 Å². The van der Waals surface area contributed by atoms with E-state index in [1.807, 2.05) is 0 Å². The van der Waals surface area contributed by atoms with Crippen LogP contribution in [0.25, 0.3) is 0 Å². The number of nitriles is 1. The fraction of sp³-hybridized carbons (Fsp3) is 0.364. The molecule has 0 saturated heterocycles. The molecule has 90 valence electrons. The first-order chi connectivity index (χ1) is 8.02. The quantitative estimate of drug-likeness (QED) is 0.891. The SMILES string of the molecule is N#Cc1c(F)cccc1NS(=O)(=O)CC1CC1. The van der Waals surface area contributed by atoms with Crippen LogP contribution in [0.15, 0.2) is 18.2 Å². The van der Waals surface area contributed by atoms with Crippen LogP contribution in [0, 0.1) is 23.1 Å². The molecular formula is C11H11FN2O2S. The minimum absolute atomic E-state index is 0.00755. The maximum Gasteiger partial charge on any atom is 0.233 e. The van der Waals surface area contributed by atoms with Crippen LogP contribution in [0.5, 0.6) is 0 Å². The van der Waals surface area contributed by atoms with Crippen LogP contribution in [-0.2, 0) is 10.0 Å². The van der Waals surface area contributed by atoms with Crippen LogP contribution in [0.2, 0.25) is 0 Å². The monoisotopic (exact) mass is 254 g/mol. The molecule has 0 atom stereocenters. The van der Waals surface area contributed by atoms with Crippen molar-refractivity contribution >= 4 is 15.7 Å². The molecule has 0 bridgehead atoms. The van der Waals surface area contributed by atoms with Crippen molar-refractivity contribution in [1.82, 2.24) is 0 Å². The molecule has 0 radical (unpaired) electrons. The lowest BCUT2D eigenvalue weighted by molar-refractivity contribution is 0.597. The van der Waals surface area contributed by atoms with Gasteiger partial charge in [-0.25, -0.2) is 12.8 Å². The van der Waals surface area contributed by atoms with Gasteiger partial charge in [0, 0.05) is 0 Å². The summed E-state index contributed by atoms with van der Waals surface area (Å²) in [5, 5.41) is 8.77. The lowest BCUT2D eigenvalue weighted by Crippen LogP contribution is -2.18. The van der Waals surface area contributed by atoms with E-state index in [1.54, 1.807) is 6.07 Å². The predicted octanol–water partition coefficient (Wildman–Crippen LogP) is 1.85. The Kier molecular flexibility index (Phi) is 3.03. The van der Waals surface area contributed by atoms with Crippen molar-refractivity contribution in [2.24, 2.45) is 5.92 Å². The number of nitrogens with zero attached hydrogens (tertiary/aromatic N) is 1. The molecule has 2 rings (SSSR count). The maximum atomic E-state index is 13.2. The number of hydrogen-bond donors (Lipinski definition) is 1. The largest absolute Gasteiger partial charge is 0.282 e. The second-order valence-corrected chi connectivity index (χ2v) is 5.87. The third-order valence-electron chi connectivity index (χ3n) is 2.54. The number of benzene rings is 1. The third-order valence-corrected chi connectivity index (χ3v) is 3.98. The van der Waals surface area contributed by atoms with Gasteiger partial charge in [-0.2, -0.15) is 5.26 Å². The summed E-state index contributed by atoms with van der Waals surface area (Å²) in [6, 6.07) is 5.52. The van der Waals surface area contributed by atoms with Gasteiger partial charge in [0.05, 0.1) is 11.4 Å². The second kappa shape index (κ2) is 4.34. The summed E-state index contributed by atoms with van der Waals surface area (Å²) in [5.41, 5.74) is -0.264. The van der Waals surface area contributed by atoms with E-state index in [9.17, 15) is 12.8 Å². The van der Waals surface area contributed by atoms with Gasteiger partial charge in [-0.3, -0.25) is 4.72 Å². The molecule has 6 heteroatoms. The molecule has 1 fully saturated rings. The summed E-state index contributed by atoms with van der Waals surface area (Å²) >= 11 is 0. The predicted molar refractivity (Wildman–Crippen MR) is 61.2 cm³/mol. The van der Waals surface area contributed by atoms with Crippen LogP contribution in [-0.4, -0.2) is 14.2 Å². The van der Waals surface area contributed by atoms with E-state index < -0.39 is 15.8 Å². The average Bonchev–Trinajstić information content (AvgIpc) is 3.00. The van der Waals surface area contributed by atoms with Crippen molar-refractivity contribution < 1.29 is 12.8 Å². The first-order valence-corrected chi connectivity index (χ1v) is 6.86. The Hall–Kier alpha value is -1.61. The molecule has 1 aromatic rings. The molecule has 0 aliphatic heterocycles. The van der Waals surface area contributed by atoms with E-state index in [2.05, 4.69) is 4.72 Å². The van der Waals surface area contributed by atoms with Gasteiger partial charge in [-0.1, -0.05) is 6.07 Å². The number of halogens is 1. The summed E-state index contributed by atoms with van der Waals surface area (Å²) in [7, 11) is -3.49. The van der Waals surface area contributed by atoms with Crippen LogP contribution >= 0.6 is 0 Å². The fourth-order valence-corrected chi connectivity index (χ4v) is 3.07. The van der Waals surface area contributed by atoms with E-state index in [0.717, 1.165) is 18.9 Å². The smallest absolute Gasteiger partial charge is 0.233 e. The minimum Gasteiger partial charge on any atom is -0.282 e. The van der Waals surface area contributed by atoms with E-state index in [-0.39, 0.29) is 22.9 Å². The van der Waals surface area contributed by atoms with Gasteiger partial charge < -0.3 is 0 Å². The summed E-state index contributed by atoms with van der Waals surface area (Å²) in [6.45, 7) is 0. The van der Waals surface area contributed by atoms with Gasteiger partial charge in [0.25, 0.3) is 0 Å². The number of hydrogen-bond acceptors (Lipinski definition) is 3. The summed E-state index contributed by atoms with van der Waals surface area (Å²) < 4.78 is 38.9. The van der Waals surface area contributed by atoms with Crippen LogP contribution < -0.4 is 4.72 Å². The van der Waals surface area contributed by atoms with Gasteiger partial charge in [-0.15, -0.1) is 0 Å². The van der Waals surface area contributed by atoms with Crippen LogP contribution in [0.3, 0.4) is 0 Å². The van der Waals surface area contributed by atoms with Crippen molar-refractivity contribution in [3.63, 3.8) is 0 Å². The molecule has 1 N–H and O–H groups in total. The zero-order valence-electron chi connectivity index (χ0n) is 8.98. The topological polar surface area (TPSA) is 70.0 Å². The molecule has 17 heavy (non-hydrogen) atoms. The fourth-order valence-electron chi connectivity index (χ4n) is 1.53. The zero-order chi connectivity index (χ0) is 12.5. The van der Waals surface area contributed by atoms with E-state index >= 15 is 0 Å². The van der Waals surface area contributed by atoms with Gasteiger partial charge in [0.15, 0.2) is 0 Å². The lowest BCUT2D eigenvalue weighted by atomic mass is 10.2. The molecule has 0 aromatic heterocycles.